The molecule has 0 aliphatic carbocycles. The minimum atomic E-state index is 0.553. The Morgan fingerprint density at radius 1 is 1.08 bits per heavy atom. The first kappa shape index (κ1) is 16.9. The highest BCUT2D eigenvalue weighted by atomic mass is 32.1. The van der Waals surface area contributed by atoms with Crippen LogP contribution in [0, 0.1) is 0 Å². The third-order valence-electron chi connectivity index (χ3n) is 4.33. The van der Waals surface area contributed by atoms with Crippen LogP contribution in [0.15, 0.2) is 36.0 Å². The van der Waals surface area contributed by atoms with Crippen molar-refractivity contribution in [3.8, 4) is 11.1 Å². The third-order valence-corrected chi connectivity index (χ3v) is 5.22. The summed E-state index contributed by atoms with van der Waals surface area (Å²) >= 11 is 1.69. The summed E-state index contributed by atoms with van der Waals surface area (Å²) in [5.74, 6) is 1.51. The smallest absolute Gasteiger partial charge is 0.138 e. The van der Waals surface area contributed by atoms with E-state index in [0.717, 1.165) is 22.6 Å². The van der Waals surface area contributed by atoms with Gasteiger partial charge in [0.2, 0.25) is 0 Å². The minimum Gasteiger partial charge on any atom is -0.369 e. The van der Waals surface area contributed by atoms with Gasteiger partial charge in [-0.2, -0.15) is 0 Å². The summed E-state index contributed by atoms with van der Waals surface area (Å²) in [6.07, 6.45) is 5.30. The van der Waals surface area contributed by atoms with Gasteiger partial charge in [-0.05, 0) is 23.5 Å². The molecule has 1 N–H and O–H groups in total. The maximum absolute atomic E-state index is 4.49. The topological polar surface area (TPSA) is 37.8 Å². The fraction of sp³-hybridized carbons (Fsp3) is 0.400. The Kier molecular flexibility index (Phi) is 5.46. The van der Waals surface area contributed by atoms with E-state index in [2.05, 4.69) is 65.7 Å². The lowest BCUT2D eigenvalue weighted by Gasteiger charge is -2.09. The molecule has 126 valence electrons. The van der Waals surface area contributed by atoms with Crippen LogP contribution in [0.5, 0.6) is 0 Å². The van der Waals surface area contributed by atoms with E-state index in [0.29, 0.717) is 5.92 Å². The Bertz CT molecular complexity index is 790. The highest BCUT2D eigenvalue weighted by molar-refractivity contribution is 7.17. The van der Waals surface area contributed by atoms with E-state index < -0.39 is 0 Å². The maximum atomic E-state index is 4.49. The van der Waals surface area contributed by atoms with Crippen molar-refractivity contribution in [3.63, 3.8) is 0 Å². The first-order valence-electron chi connectivity index (χ1n) is 8.77. The Labute approximate surface area is 148 Å². The zero-order chi connectivity index (χ0) is 16.9. The number of fused-ring (bicyclic) bond motifs is 1. The Hall–Kier alpha value is -1.94. The van der Waals surface area contributed by atoms with Gasteiger partial charge in [0.1, 0.15) is 17.0 Å². The van der Waals surface area contributed by atoms with Crippen LogP contribution in [0.2, 0.25) is 0 Å². The average molecular weight is 340 g/mol. The van der Waals surface area contributed by atoms with Crippen molar-refractivity contribution in [3.05, 3.63) is 41.5 Å². The average Bonchev–Trinajstić information content (AvgIpc) is 3.03. The van der Waals surface area contributed by atoms with Gasteiger partial charge in [0, 0.05) is 17.5 Å². The van der Waals surface area contributed by atoms with Gasteiger partial charge in [-0.3, -0.25) is 0 Å². The number of benzene rings is 1. The number of nitrogens with zero attached hydrogens (tertiary/aromatic N) is 2. The molecule has 3 rings (SSSR count). The van der Waals surface area contributed by atoms with E-state index >= 15 is 0 Å². The van der Waals surface area contributed by atoms with Gasteiger partial charge in [0.15, 0.2) is 0 Å². The van der Waals surface area contributed by atoms with Crippen molar-refractivity contribution in [2.75, 3.05) is 11.9 Å². The van der Waals surface area contributed by atoms with Gasteiger partial charge in [-0.15, -0.1) is 11.3 Å². The molecule has 0 unspecified atom stereocenters. The molecule has 1 aromatic carbocycles. The van der Waals surface area contributed by atoms with Gasteiger partial charge in [-0.25, -0.2) is 9.97 Å². The molecule has 2 heterocycles. The van der Waals surface area contributed by atoms with Crippen molar-refractivity contribution in [2.24, 2.45) is 0 Å². The molecule has 3 nitrogen and oxygen atoms in total. The van der Waals surface area contributed by atoms with Crippen molar-refractivity contribution < 1.29 is 0 Å². The number of hydrogen-bond acceptors (Lipinski definition) is 4. The van der Waals surface area contributed by atoms with Crippen LogP contribution in [0.1, 0.15) is 51.5 Å². The summed E-state index contributed by atoms with van der Waals surface area (Å²) in [6, 6.07) is 8.87. The molecule has 0 bridgehead atoms. The summed E-state index contributed by atoms with van der Waals surface area (Å²) in [5.41, 5.74) is 3.83. The van der Waals surface area contributed by atoms with Crippen LogP contribution < -0.4 is 5.32 Å². The van der Waals surface area contributed by atoms with Crippen molar-refractivity contribution in [1.29, 1.82) is 0 Å². The molecule has 2 aromatic heterocycles. The van der Waals surface area contributed by atoms with Crippen molar-refractivity contribution in [1.82, 2.24) is 9.97 Å². The second-order valence-electron chi connectivity index (χ2n) is 6.46. The zero-order valence-electron chi connectivity index (χ0n) is 14.7. The van der Waals surface area contributed by atoms with Crippen LogP contribution in [-0.2, 0) is 0 Å². The standard InChI is InChI=1S/C20H25N3S/c1-4-5-6-11-21-19-18-17(12-24-20(18)23-13-22-19)16-9-7-15(8-10-16)14(2)3/h7-10,12-14H,4-6,11H2,1-3H3,(H,21,22,23). The monoisotopic (exact) mass is 339 g/mol. The highest BCUT2D eigenvalue weighted by Crippen LogP contribution is 2.36. The lowest BCUT2D eigenvalue weighted by molar-refractivity contribution is 0.742. The lowest BCUT2D eigenvalue weighted by atomic mass is 9.99. The maximum Gasteiger partial charge on any atom is 0.138 e. The molecule has 24 heavy (non-hydrogen) atoms. The second kappa shape index (κ2) is 7.75. The van der Waals surface area contributed by atoms with Gasteiger partial charge in [0.05, 0.1) is 5.39 Å². The number of hydrogen-bond donors (Lipinski definition) is 1. The number of unbranched alkanes of at least 4 members (excludes halogenated alkanes) is 2. The number of thiophene rings is 1. The van der Waals surface area contributed by atoms with Gasteiger partial charge in [0.25, 0.3) is 0 Å². The molecule has 3 aromatic rings. The second-order valence-corrected chi connectivity index (χ2v) is 7.32. The summed E-state index contributed by atoms with van der Waals surface area (Å²) in [7, 11) is 0. The lowest BCUT2D eigenvalue weighted by Crippen LogP contribution is -2.04. The quantitative estimate of drug-likeness (QED) is 0.530. The molecule has 0 spiro atoms. The fourth-order valence-corrected chi connectivity index (χ4v) is 3.77. The normalized spacial score (nSPS) is 11.3. The van der Waals surface area contributed by atoms with Gasteiger partial charge in [-0.1, -0.05) is 57.9 Å². The molecule has 0 atom stereocenters. The molecule has 0 aliphatic heterocycles. The molecule has 0 saturated heterocycles. The Morgan fingerprint density at radius 2 is 1.88 bits per heavy atom. The van der Waals surface area contributed by atoms with Crippen LogP contribution in [0.25, 0.3) is 21.3 Å². The molecule has 0 amide bonds. The van der Waals surface area contributed by atoms with Gasteiger partial charge >= 0.3 is 0 Å². The molecule has 0 saturated carbocycles. The van der Waals surface area contributed by atoms with E-state index in [1.807, 2.05) is 0 Å². The first-order chi connectivity index (χ1) is 11.7. The van der Waals surface area contributed by atoms with E-state index in [4.69, 9.17) is 0 Å². The predicted octanol–water partition coefficient (Wildman–Crippen LogP) is 6.08. The Morgan fingerprint density at radius 3 is 2.58 bits per heavy atom. The third kappa shape index (κ3) is 3.59. The molecular weight excluding hydrogens is 314 g/mol. The first-order valence-corrected chi connectivity index (χ1v) is 9.65. The SMILES string of the molecule is CCCCCNc1ncnc2scc(-c3ccc(C(C)C)cc3)c12. The van der Waals surface area contributed by atoms with Gasteiger partial charge < -0.3 is 5.32 Å². The summed E-state index contributed by atoms with van der Waals surface area (Å²) in [4.78, 5) is 9.99. The fourth-order valence-electron chi connectivity index (χ4n) is 2.85. The molecule has 0 radical (unpaired) electrons. The van der Waals surface area contributed by atoms with E-state index in [-0.39, 0.29) is 0 Å². The summed E-state index contributed by atoms with van der Waals surface area (Å²) in [6.45, 7) is 7.63. The predicted molar refractivity (Wildman–Crippen MR) is 105 cm³/mol. The van der Waals surface area contributed by atoms with Crippen LogP contribution in [0.4, 0.5) is 5.82 Å². The van der Waals surface area contributed by atoms with Crippen LogP contribution in [0.3, 0.4) is 0 Å². The molecule has 4 heteroatoms. The van der Waals surface area contributed by atoms with Crippen LogP contribution in [-0.4, -0.2) is 16.5 Å². The Balaban J connectivity index is 1.93. The van der Waals surface area contributed by atoms with Crippen molar-refractivity contribution in [2.45, 2.75) is 46.0 Å². The largest absolute Gasteiger partial charge is 0.369 e. The van der Waals surface area contributed by atoms with Crippen molar-refractivity contribution >= 4 is 27.4 Å². The number of nitrogens with one attached hydrogen (secondary N) is 1. The molecule has 0 aliphatic rings. The number of anilines is 1. The molecule has 0 fully saturated rings. The van der Waals surface area contributed by atoms with E-state index in [1.165, 1.54) is 36.0 Å². The van der Waals surface area contributed by atoms with E-state index in [1.54, 1.807) is 17.7 Å². The minimum absolute atomic E-state index is 0.553. The zero-order valence-corrected chi connectivity index (χ0v) is 15.5. The number of aromatic nitrogens is 2. The number of rotatable bonds is 7. The van der Waals surface area contributed by atoms with E-state index in [9.17, 15) is 0 Å². The summed E-state index contributed by atoms with van der Waals surface area (Å²) in [5, 5.41) is 6.85. The van der Waals surface area contributed by atoms with Crippen LogP contribution >= 0.6 is 11.3 Å². The molecular formula is C20H25N3S. The summed E-state index contributed by atoms with van der Waals surface area (Å²) < 4.78 is 0. The highest BCUT2D eigenvalue weighted by Gasteiger charge is 2.13.